The molecule has 0 amide bonds. The molecule has 2 atom stereocenters. The molecule has 0 aliphatic carbocycles. The highest BCUT2D eigenvalue weighted by Crippen LogP contribution is 2.32. The number of halogens is 1. The molecule has 2 aliphatic heterocycles. The molecule has 116 valence electrons. The van der Waals surface area contributed by atoms with E-state index in [1.54, 1.807) is 12.1 Å². The third-order valence-electron chi connectivity index (χ3n) is 4.86. The Kier molecular flexibility index (Phi) is 4.23. The van der Waals surface area contributed by atoms with E-state index in [4.69, 9.17) is 10.00 Å². The molecule has 3 rings (SSSR count). The lowest BCUT2D eigenvalue weighted by atomic mass is 9.81. The molecule has 0 saturated carbocycles. The molecule has 2 saturated heterocycles. The van der Waals surface area contributed by atoms with E-state index in [1.165, 1.54) is 6.07 Å². The number of nitrogens with zero attached hydrogens (tertiary/aromatic N) is 2. The summed E-state index contributed by atoms with van der Waals surface area (Å²) < 4.78 is 19.5. The van der Waals surface area contributed by atoms with Gasteiger partial charge >= 0.3 is 0 Å². The van der Waals surface area contributed by atoms with Crippen molar-refractivity contribution in [2.24, 2.45) is 5.92 Å². The van der Waals surface area contributed by atoms with E-state index in [0.717, 1.165) is 12.8 Å². The van der Waals surface area contributed by atoms with E-state index < -0.39 is 5.82 Å². The minimum absolute atomic E-state index is 0.00686. The van der Waals surface area contributed by atoms with Crippen molar-refractivity contribution in [3.63, 3.8) is 0 Å². The summed E-state index contributed by atoms with van der Waals surface area (Å²) in [6, 6.07) is 6.92. The summed E-state index contributed by atoms with van der Waals surface area (Å²) in [7, 11) is 2.08. The average molecular weight is 302 g/mol. The molecule has 0 radical (unpaired) electrons. The van der Waals surface area contributed by atoms with Crippen LogP contribution < -0.4 is 0 Å². The van der Waals surface area contributed by atoms with Gasteiger partial charge in [-0.25, -0.2) is 4.39 Å². The molecule has 1 aromatic carbocycles. The number of benzene rings is 1. The van der Waals surface area contributed by atoms with Crippen LogP contribution in [0.4, 0.5) is 4.39 Å². The fourth-order valence-electron chi connectivity index (χ4n) is 3.47. The number of rotatable bonds is 3. The monoisotopic (exact) mass is 302 g/mol. The topological polar surface area (TPSA) is 53.3 Å². The Balaban J connectivity index is 1.77. The first-order chi connectivity index (χ1) is 10.6. The molecule has 5 heteroatoms. The van der Waals surface area contributed by atoms with Gasteiger partial charge in [-0.15, -0.1) is 0 Å². The van der Waals surface area contributed by atoms with Crippen LogP contribution in [0, 0.1) is 23.1 Å². The first kappa shape index (κ1) is 15.1. The van der Waals surface area contributed by atoms with Crippen LogP contribution in [0.3, 0.4) is 0 Å². The second kappa shape index (κ2) is 6.15. The van der Waals surface area contributed by atoms with E-state index in [-0.39, 0.29) is 30.2 Å². The number of Topliss-reactive ketones (excluding diaryl/α,β-unsaturated/α-hetero) is 1. The normalized spacial score (nSPS) is 28.1. The molecular weight excluding hydrogens is 283 g/mol. The number of likely N-dealkylation sites (N-methyl/N-ethyl adjacent to an activating group) is 1. The molecule has 22 heavy (non-hydrogen) atoms. The largest absolute Gasteiger partial charge is 0.378 e. The summed E-state index contributed by atoms with van der Waals surface area (Å²) in [4.78, 5) is 15.0. The number of carbonyl (C=O) groups excluding carboxylic acids is 1. The minimum atomic E-state index is -0.469. The number of hydrogen-bond donors (Lipinski definition) is 0. The van der Waals surface area contributed by atoms with Gasteiger partial charge in [0.1, 0.15) is 5.82 Å². The maximum absolute atomic E-state index is 13.9. The third kappa shape index (κ3) is 2.77. The van der Waals surface area contributed by atoms with Gasteiger partial charge in [-0.3, -0.25) is 9.69 Å². The first-order valence-electron chi connectivity index (χ1n) is 7.59. The summed E-state index contributed by atoms with van der Waals surface area (Å²) in [6.07, 6.45) is 1.54. The Morgan fingerprint density at radius 1 is 1.41 bits per heavy atom. The van der Waals surface area contributed by atoms with Gasteiger partial charge in [0, 0.05) is 29.1 Å². The SMILES string of the molecule is CN1C2COCC1CC(C(=O)c1ccc(CC#N)c(F)c1)C2. The van der Waals surface area contributed by atoms with E-state index in [2.05, 4.69) is 11.9 Å². The van der Waals surface area contributed by atoms with Gasteiger partial charge < -0.3 is 4.74 Å². The zero-order chi connectivity index (χ0) is 15.7. The number of morpholine rings is 1. The van der Waals surface area contributed by atoms with Crippen molar-refractivity contribution in [2.75, 3.05) is 20.3 Å². The number of piperidine rings is 1. The van der Waals surface area contributed by atoms with Crippen LogP contribution >= 0.6 is 0 Å². The lowest BCUT2D eigenvalue weighted by Crippen LogP contribution is -2.55. The number of fused-ring (bicyclic) bond motifs is 2. The maximum Gasteiger partial charge on any atom is 0.166 e. The van der Waals surface area contributed by atoms with Crippen molar-refractivity contribution in [1.82, 2.24) is 4.90 Å². The predicted molar refractivity (Wildman–Crippen MR) is 78.9 cm³/mol. The molecule has 2 fully saturated rings. The lowest BCUT2D eigenvalue weighted by Gasteiger charge is -2.46. The van der Waals surface area contributed by atoms with Crippen LogP contribution in [0.25, 0.3) is 0 Å². The van der Waals surface area contributed by atoms with Crippen LogP contribution in [0.1, 0.15) is 28.8 Å². The molecule has 2 unspecified atom stereocenters. The lowest BCUT2D eigenvalue weighted by molar-refractivity contribution is -0.0702. The third-order valence-corrected chi connectivity index (χ3v) is 4.86. The van der Waals surface area contributed by atoms with Crippen molar-refractivity contribution in [3.05, 3.63) is 35.1 Å². The number of hydrogen-bond acceptors (Lipinski definition) is 4. The van der Waals surface area contributed by atoms with Crippen LogP contribution in [-0.4, -0.2) is 43.0 Å². The van der Waals surface area contributed by atoms with Crippen LogP contribution in [0.5, 0.6) is 0 Å². The highest BCUT2D eigenvalue weighted by atomic mass is 19.1. The summed E-state index contributed by atoms with van der Waals surface area (Å²) in [5.41, 5.74) is 0.750. The molecule has 2 heterocycles. The number of nitriles is 1. The van der Waals surface area contributed by atoms with Gasteiger partial charge in [0.05, 0.1) is 25.7 Å². The van der Waals surface area contributed by atoms with Gasteiger partial charge in [0.25, 0.3) is 0 Å². The Hall–Kier alpha value is -1.77. The highest BCUT2D eigenvalue weighted by molar-refractivity contribution is 5.98. The van der Waals surface area contributed by atoms with Crippen molar-refractivity contribution in [2.45, 2.75) is 31.3 Å². The van der Waals surface area contributed by atoms with Crippen LogP contribution in [0.2, 0.25) is 0 Å². The fourth-order valence-corrected chi connectivity index (χ4v) is 3.47. The van der Waals surface area contributed by atoms with Crippen LogP contribution in [0.15, 0.2) is 18.2 Å². The summed E-state index contributed by atoms with van der Waals surface area (Å²) in [5, 5.41) is 8.64. The summed E-state index contributed by atoms with van der Waals surface area (Å²) >= 11 is 0. The van der Waals surface area contributed by atoms with Crippen LogP contribution in [-0.2, 0) is 11.2 Å². The van der Waals surface area contributed by atoms with Gasteiger partial charge in [-0.05, 0) is 26.0 Å². The zero-order valence-electron chi connectivity index (χ0n) is 12.6. The van der Waals surface area contributed by atoms with E-state index in [9.17, 15) is 9.18 Å². The first-order valence-corrected chi connectivity index (χ1v) is 7.59. The predicted octanol–water partition coefficient (Wildman–Crippen LogP) is 2.18. The Labute approximate surface area is 129 Å². The standard InChI is InChI=1S/C17H19FN2O2/c1-20-14-6-13(7-15(20)10-22-9-14)17(21)12-3-2-11(4-5-19)16(18)8-12/h2-3,8,13-15H,4,6-7,9-10H2,1H3. The van der Waals surface area contributed by atoms with Gasteiger partial charge in [0.15, 0.2) is 5.78 Å². The second-order valence-electron chi connectivity index (χ2n) is 6.18. The molecule has 2 bridgehead atoms. The Morgan fingerprint density at radius 2 is 2.09 bits per heavy atom. The van der Waals surface area contributed by atoms with Crippen molar-refractivity contribution >= 4 is 5.78 Å². The summed E-state index contributed by atoms with van der Waals surface area (Å²) in [5.74, 6) is -0.535. The summed E-state index contributed by atoms with van der Waals surface area (Å²) in [6.45, 7) is 1.32. The zero-order valence-corrected chi connectivity index (χ0v) is 12.6. The molecule has 1 aromatic rings. The number of carbonyl (C=O) groups is 1. The van der Waals surface area contributed by atoms with Crippen molar-refractivity contribution < 1.29 is 13.9 Å². The van der Waals surface area contributed by atoms with Gasteiger partial charge in [-0.1, -0.05) is 12.1 Å². The van der Waals surface area contributed by atoms with E-state index in [1.807, 2.05) is 6.07 Å². The molecule has 4 nitrogen and oxygen atoms in total. The Morgan fingerprint density at radius 3 is 2.68 bits per heavy atom. The quantitative estimate of drug-likeness (QED) is 0.803. The van der Waals surface area contributed by atoms with Gasteiger partial charge in [0.2, 0.25) is 0 Å². The van der Waals surface area contributed by atoms with E-state index in [0.29, 0.717) is 24.3 Å². The number of ketones is 1. The van der Waals surface area contributed by atoms with Crippen molar-refractivity contribution in [3.8, 4) is 6.07 Å². The molecule has 0 aromatic heterocycles. The highest BCUT2D eigenvalue weighted by Gasteiger charge is 2.39. The maximum atomic E-state index is 13.9. The van der Waals surface area contributed by atoms with Gasteiger partial charge in [-0.2, -0.15) is 5.26 Å². The van der Waals surface area contributed by atoms with E-state index >= 15 is 0 Å². The fraction of sp³-hybridized carbons (Fsp3) is 0.529. The average Bonchev–Trinajstić information content (AvgIpc) is 2.48. The smallest absolute Gasteiger partial charge is 0.166 e. The Bertz CT molecular complexity index is 612. The minimum Gasteiger partial charge on any atom is -0.378 e. The second-order valence-corrected chi connectivity index (χ2v) is 6.18. The number of ether oxygens (including phenoxy) is 1. The molecular formula is C17H19FN2O2. The molecule has 0 N–H and O–H groups in total. The van der Waals surface area contributed by atoms with Crippen molar-refractivity contribution in [1.29, 1.82) is 5.26 Å². The molecule has 2 aliphatic rings. The molecule has 0 spiro atoms.